The maximum absolute atomic E-state index is 11.1. The van der Waals surface area contributed by atoms with Crippen molar-refractivity contribution in [3.05, 3.63) is 27.2 Å². The molecule has 1 rings (SSSR count). The van der Waals surface area contributed by atoms with Gasteiger partial charge in [-0.2, -0.15) is 0 Å². The summed E-state index contributed by atoms with van der Waals surface area (Å²) in [6.45, 7) is 3.15. The van der Waals surface area contributed by atoms with E-state index in [9.17, 15) is 4.79 Å². The topological polar surface area (TPSA) is 29.5 Å². The summed E-state index contributed by atoms with van der Waals surface area (Å²) in [5, 5.41) is 0.595. The summed E-state index contributed by atoms with van der Waals surface area (Å²) in [7, 11) is 0. The standard InChI is InChI=1S/C12H13Cl4NO2/c1-2-3-17(12(16)18)4-5-19-11-9(14)6-8(13)7-10(11)15/h6-7H,2-5H2,1H3. The van der Waals surface area contributed by atoms with Crippen molar-refractivity contribution in [3.8, 4) is 5.75 Å². The highest BCUT2D eigenvalue weighted by atomic mass is 35.5. The minimum absolute atomic E-state index is 0.250. The molecule has 3 nitrogen and oxygen atoms in total. The van der Waals surface area contributed by atoms with Crippen LogP contribution in [-0.2, 0) is 0 Å². The number of hydrogen-bond acceptors (Lipinski definition) is 2. The first-order chi connectivity index (χ1) is 8.95. The lowest BCUT2D eigenvalue weighted by Crippen LogP contribution is -2.31. The first-order valence-corrected chi connectivity index (χ1v) is 7.18. The first-order valence-electron chi connectivity index (χ1n) is 5.67. The average Bonchev–Trinajstić information content (AvgIpc) is 2.30. The Bertz CT molecular complexity index is 430. The van der Waals surface area contributed by atoms with Crippen molar-refractivity contribution in [1.82, 2.24) is 4.90 Å². The summed E-state index contributed by atoms with van der Waals surface area (Å²) >= 11 is 23.2. The summed E-state index contributed by atoms with van der Waals surface area (Å²) in [6.07, 6.45) is 0.820. The summed E-state index contributed by atoms with van der Waals surface area (Å²) in [5.74, 6) is 0.353. The number of halogens is 4. The molecule has 0 heterocycles. The Balaban J connectivity index is 2.60. The van der Waals surface area contributed by atoms with Crippen LogP contribution >= 0.6 is 46.4 Å². The molecule has 0 bridgehead atoms. The van der Waals surface area contributed by atoms with Gasteiger partial charge in [0, 0.05) is 11.6 Å². The monoisotopic (exact) mass is 343 g/mol. The first kappa shape index (κ1) is 16.7. The molecule has 0 aliphatic heterocycles. The fourth-order valence-corrected chi connectivity index (χ4v) is 2.58. The third-order valence-electron chi connectivity index (χ3n) is 2.31. The lowest BCUT2D eigenvalue weighted by Gasteiger charge is -2.19. The predicted molar refractivity (Wildman–Crippen MR) is 80.1 cm³/mol. The van der Waals surface area contributed by atoms with E-state index in [1.807, 2.05) is 6.92 Å². The molecule has 0 N–H and O–H groups in total. The molecule has 19 heavy (non-hydrogen) atoms. The molecule has 1 aromatic carbocycles. The van der Waals surface area contributed by atoms with Gasteiger partial charge in [0.15, 0.2) is 5.75 Å². The van der Waals surface area contributed by atoms with Gasteiger partial charge in [-0.15, -0.1) is 0 Å². The number of amides is 1. The molecule has 7 heteroatoms. The van der Waals surface area contributed by atoms with Gasteiger partial charge in [0.25, 0.3) is 0 Å². The molecule has 1 aromatic rings. The van der Waals surface area contributed by atoms with Crippen LogP contribution in [-0.4, -0.2) is 30.0 Å². The highest BCUT2D eigenvalue weighted by molar-refractivity contribution is 6.62. The highest BCUT2D eigenvalue weighted by Crippen LogP contribution is 2.35. The number of ether oxygens (including phenoxy) is 1. The molecule has 1 amide bonds. The minimum Gasteiger partial charge on any atom is -0.489 e. The summed E-state index contributed by atoms with van der Waals surface area (Å²) in [5.41, 5.74) is 0. The van der Waals surface area contributed by atoms with E-state index in [2.05, 4.69) is 0 Å². The normalized spacial score (nSPS) is 10.4. The van der Waals surface area contributed by atoms with Crippen molar-refractivity contribution >= 4 is 51.8 Å². The van der Waals surface area contributed by atoms with Gasteiger partial charge in [-0.05, 0) is 30.2 Å². The molecule has 0 aromatic heterocycles. The molecule has 106 valence electrons. The van der Waals surface area contributed by atoms with E-state index in [0.29, 0.717) is 33.9 Å². The van der Waals surface area contributed by atoms with Crippen LogP contribution in [0.15, 0.2) is 12.1 Å². The number of carbonyl (C=O) groups excluding carboxylic acids is 1. The Morgan fingerprint density at radius 2 is 1.79 bits per heavy atom. The molecule has 0 fully saturated rings. The molecule has 0 atom stereocenters. The Kier molecular flexibility index (Phi) is 7.08. The van der Waals surface area contributed by atoms with Crippen LogP contribution in [0.3, 0.4) is 0 Å². The Labute approximate surface area is 132 Å². The van der Waals surface area contributed by atoms with E-state index in [-0.39, 0.29) is 6.61 Å². The van der Waals surface area contributed by atoms with E-state index in [1.54, 1.807) is 12.1 Å². The van der Waals surface area contributed by atoms with Gasteiger partial charge in [0.1, 0.15) is 6.61 Å². The third-order valence-corrected chi connectivity index (χ3v) is 3.33. The van der Waals surface area contributed by atoms with Crippen molar-refractivity contribution in [3.63, 3.8) is 0 Å². The zero-order valence-electron chi connectivity index (χ0n) is 10.3. The van der Waals surface area contributed by atoms with Gasteiger partial charge >= 0.3 is 5.37 Å². The molecule has 0 radical (unpaired) electrons. The van der Waals surface area contributed by atoms with Gasteiger partial charge in [0.05, 0.1) is 16.6 Å². The van der Waals surface area contributed by atoms with Crippen LogP contribution in [0.1, 0.15) is 13.3 Å². The zero-order valence-corrected chi connectivity index (χ0v) is 13.3. The van der Waals surface area contributed by atoms with E-state index >= 15 is 0 Å². The van der Waals surface area contributed by atoms with Crippen molar-refractivity contribution in [1.29, 1.82) is 0 Å². The van der Waals surface area contributed by atoms with Gasteiger partial charge in [-0.3, -0.25) is 4.79 Å². The molecule has 0 saturated carbocycles. The van der Waals surface area contributed by atoms with Crippen LogP contribution in [0.4, 0.5) is 4.79 Å². The number of hydrogen-bond donors (Lipinski definition) is 0. The lowest BCUT2D eigenvalue weighted by molar-refractivity contribution is 0.203. The second kappa shape index (κ2) is 8.05. The molecule has 0 unspecified atom stereocenters. The smallest absolute Gasteiger partial charge is 0.316 e. The lowest BCUT2D eigenvalue weighted by atomic mass is 10.3. The fourth-order valence-electron chi connectivity index (χ4n) is 1.48. The molecule has 0 aliphatic rings. The van der Waals surface area contributed by atoms with Crippen LogP contribution in [0.25, 0.3) is 0 Å². The van der Waals surface area contributed by atoms with E-state index in [1.165, 1.54) is 4.90 Å². The second-order valence-electron chi connectivity index (χ2n) is 3.79. The van der Waals surface area contributed by atoms with Gasteiger partial charge in [-0.1, -0.05) is 41.7 Å². The van der Waals surface area contributed by atoms with E-state index < -0.39 is 5.37 Å². The SMILES string of the molecule is CCCN(CCOc1c(Cl)cc(Cl)cc1Cl)C(=O)Cl. The summed E-state index contributed by atoms with van der Waals surface area (Å²) < 4.78 is 5.47. The minimum atomic E-state index is -0.501. The molecular weight excluding hydrogens is 332 g/mol. The fraction of sp³-hybridized carbons (Fsp3) is 0.417. The van der Waals surface area contributed by atoms with Gasteiger partial charge < -0.3 is 9.64 Å². The van der Waals surface area contributed by atoms with E-state index in [0.717, 1.165) is 6.42 Å². The Hall–Kier alpha value is -0.350. The molecule has 0 spiro atoms. The Morgan fingerprint density at radius 1 is 1.21 bits per heavy atom. The second-order valence-corrected chi connectivity index (χ2v) is 5.36. The van der Waals surface area contributed by atoms with Gasteiger partial charge in [-0.25, -0.2) is 0 Å². The molecular formula is C12H13Cl4NO2. The molecule has 0 saturated heterocycles. The van der Waals surface area contributed by atoms with Gasteiger partial charge in [0.2, 0.25) is 0 Å². The Morgan fingerprint density at radius 3 is 2.26 bits per heavy atom. The van der Waals surface area contributed by atoms with Crippen LogP contribution in [0, 0.1) is 0 Å². The molecule has 0 aliphatic carbocycles. The van der Waals surface area contributed by atoms with Crippen LogP contribution < -0.4 is 4.74 Å². The summed E-state index contributed by atoms with van der Waals surface area (Å²) in [4.78, 5) is 12.6. The number of benzene rings is 1. The maximum atomic E-state index is 11.1. The average molecular weight is 345 g/mol. The third kappa shape index (κ3) is 5.27. The largest absolute Gasteiger partial charge is 0.489 e. The number of carbonyl (C=O) groups is 1. The maximum Gasteiger partial charge on any atom is 0.316 e. The predicted octanol–water partition coefficient (Wildman–Crippen LogP) is 5.10. The quantitative estimate of drug-likeness (QED) is 0.531. The van der Waals surface area contributed by atoms with E-state index in [4.69, 9.17) is 51.1 Å². The number of rotatable bonds is 6. The van der Waals surface area contributed by atoms with Crippen molar-refractivity contribution in [2.45, 2.75) is 13.3 Å². The van der Waals surface area contributed by atoms with Crippen molar-refractivity contribution in [2.75, 3.05) is 19.7 Å². The van der Waals surface area contributed by atoms with Crippen LogP contribution in [0.5, 0.6) is 5.75 Å². The van der Waals surface area contributed by atoms with Crippen molar-refractivity contribution < 1.29 is 9.53 Å². The van der Waals surface area contributed by atoms with Crippen molar-refractivity contribution in [2.24, 2.45) is 0 Å². The van der Waals surface area contributed by atoms with Crippen LogP contribution in [0.2, 0.25) is 15.1 Å². The summed E-state index contributed by atoms with van der Waals surface area (Å²) in [6, 6.07) is 3.08. The zero-order chi connectivity index (χ0) is 14.4. The number of nitrogens with zero attached hydrogens (tertiary/aromatic N) is 1. The highest BCUT2D eigenvalue weighted by Gasteiger charge is 2.12.